The number of benzene rings is 1. The summed E-state index contributed by atoms with van der Waals surface area (Å²) in [6, 6.07) is 9.06. The molecule has 0 saturated carbocycles. The van der Waals surface area contributed by atoms with E-state index >= 15 is 0 Å². The number of amides is 1. The number of rotatable bonds is 3. The molecule has 4 nitrogen and oxygen atoms in total. The molecule has 0 aliphatic carbocycles. The topological polar surface area (TPSA) is 51.1 Å². The summed E-state index contributed by atoms with van der Waals surface area (Å²) >= 11 is 0. The van der Waals surface area contributed by atoms with Gasteiger partial charge in [-0.05, 0) is 49.6 Å². The SMILES string of the molecule is Cc1cc(C)cc(NC(=O)Cn2cc(C)ccc2=O)c1. The maximum atomic E-state index is 12.0. The van der Waals surface area contributed by atoms with Gasteiger partial charge in [-0.25, -0.2) is 0 Å². The first-order valence-electron chi connectivity index (χ1n) is 6.49. The van der Waals surface area contributed by atoms with Gasteiger partial charge in [0.2, 0.25) is 5.91 Å². The summed E-state index contributed by atoms with van der Waals surface area (Å²) in [6.45, 7) is 5.87. The van der Waals surface area contributed by atoms with Gasteiger partial charge < -0.3 is 9.88 Å². The highest BCUT2D eigenvalue weighted by atomic mass is 16.2. The lowest BCUT2D eigenvalue weighted by atomic mass is 10.1. The number of aromatic nitrogens is 1. The van der Waals surface area contributed by atoms with Crippen LogP contribution in [0.2, 0.25) is 0 Å². The van der Waals surface area contributed by atoms with Crippen LogP contribution in [0.5, 0.6) is 0 Å². The van der Waals surface area contributed by atoms with Crippen LogP contribution in [0.3, 0.4) is 0 Å². The molecule has 20 heavy (non-hydrogen) atoms. The van der Waals surface area contributed by atoms with Crippen molar-refractivity contribution in [2.75, 3.05) is 5.32 Å². The summed E-state index contributed by atoms with van der Waals surface area (Å²) in [6.07, 6.45) is 1.68. The van der Waals surface area contributed by atoms with Gasteiger partial charge in [-0.15, -0.1) is 0 Å². The molecule has 0 aliphatic heterocycles. The number of nitrogens with zero attached hydrogens (tertiary/aromatic N) is 1. The fourth-order valence-electron chi connectivity index (χ4n) is 2.18. The number of carbonyl (C=O) groups excluding carboxylic acids is 1. The van der Waals surface area contributed by atoms with E-state index in [4.69, 9.17) is 0 Å². The van der Waals surface area contributed by atoms with Crippen LogP contribution in [0.4, 0.5) is 5.69 Å². The lowest BCUT2D eigenvalue weighted by molar-refractivity contribution is -0.116. The third kappa shape index (κ3) is 3.57. The standard InChI is InChI=1S/C16H18N2O2/c1-11-4-5-16(20)18(9-11)10-15(19)17-14-7-12(2)6-13(3)8-14/h4-9H,10H2,1-3H3,(H,17,19). The maximum Gasteiger partial charge on any atom is 0.251 e. The van der Waals surface area contributed by atoms with Gasteiger partial charge in [-0.2, -0.15) is 0 Å². The van der Waals surface area contributed by atoms with Crippen molar-refractivity contribution < 1.29 is 4.79 Å². The highest BCUT2D eigenvalue weighted by Gasteiger charge is 2.06. The van der Waals surface area contributed by atoms with Gasteiger partial charge >= 0.3 is 0 Å². The number of hydrogen-bond acceptors (Lipinski definition) is 2. The van der Waals surface area contributed by atoms with Crippen molar-refractivity contribution in [2.45, 2.75) is 27.3 Å². The van der Waals surface area contributed by atoms with Gasteiger partial charge in [0.1, 0.15) is 6.54 Å². The summed E-state index contributed by atoms with van der Waals surface area (Å²) in [5.41, 5.74) is 3.71. The number of nitrogens with one attached hydrogen (secondary N) is 1. The molecule has 0 fully saturated rings. The molecule has 0 aliphatic rings. The molecule has 104 valence electrons. The molecule has 1 N–H and O–H groups in total. The second-order valence-electron chi connectivity index (χ2n) is 5.10. The molecule has 2 rings (SSSR count). The molecular weight excluding hydrogens is 252 g/mol. The van der Waals surface area contributed by atoms with Gasteiger partial charge in [0.05, 0.1) is 0 Å². The molecule has 2 aromatic rings. The Bertz CT molecular complexity index is 682. The van der Waals surface area contributed by atoms with Crippen molar-refractivity contribution in [2.24, 2.45) is 0 Å². The van der Waals surface area contributed by atoms with Crippen molar-refractivity contribution in [3.05, 3.63) is 63.6 Å². The smallest absolute Gasteiger partial charge is 0.251 e. The summed E-state index contributed by atoms with van der Waals surface area (Å²) in [4.78, 5) is 23.6. The van der Waals surface area contributed by atoms with Crippen LogP contribution >= 0.6 is 0 Å². The van der Waals surface area contributed by atoms with E-state index in [9.17, 15) is 9.59 Å². The summed E-state index contributed by atoms with van der Waals surface area (Å²) in [5.74, 6) is -0.206. The average molecular weight is 270 g/mol. The molecule has 1 heterocycles. The van der Waals surface area contributed by atoms with Gasteiger partial charge in [0.15, 0.2) is 0 Å². The van der Waals surface area contributed by atoms with E-state index in [1.54, 1.807) is 12.3 Å². The molecule has 0 spiro atoms. The Kier molecular flexibility index (Phi) is 4.03. The summed E-state index contributed by atoms with van der Waals surface area (Å²) in [7, 11) is 0. The highest BCUT2D eigenvalue weighted by Crippen LogP contribution is 2.13. The molecule has 0 unspecified atom stereocenters. The first-order chi connectivity index (χ1) is 9.44. The largest absolute Gasteiger partial charge is 0.325 e. The van der Waals surface area contributed by atoms with Crippen LogP contribution < -0.4 is 10.9 Å². The van der Waals surface area contributed by atoms with Crippen molar-refractivity contribution in [1.29, 1.82) is 0 Å². The van der Waals surface area contributed by atoms with E-state index in [1.807, 2.05) is 39.0 Å². The van der Waals surface area contributed by atoms with Gasteiger partial charge in [0.25, 0.3) is 5.56 Å². The molecule has 0 radical (unpaired) electrons. The van der Waals surface area contributed by atoms with E-state index in [0.29, 0.717) is 0 Å². The third-order valence-electron chi connectivity index (χ3n) is 2.95. The van der Waals surface area contributed by atoms with Crippen LogP contribution in [-0.2, 0) is 11.3 Å². The molecule has 0 saturated heterocycles. The predicted molar refractivity (Wildman–Crippen MR) is 80.0 cm³/mol. The second kappa shape index (κ2) is 5.74. The number of hydrogen-bond donors (Lipinski definition) is 1. The minimum atomic E-state index is -0.206. The number of carbonyl (C=O) groups is 1. The first kappa shape index (κ1) is 14.1. The highest BCUT2D eigenvalue weighted by molar-refractivity contribution is 5.90. The third-order valence-corrected chi connectivity index (χ3v) is 2.95. The molecule has 1 amide bonds. The van der Waals surface area contributed by atoms with E-state index in [2.05, 4.69) is 5.32 Å². The molecule has 0 bridgehead atoms. The molecule has 0 atom stereocenters. The van der Waals surface area contributed by atoms with Gasteiger partial charge in [-0.3, -0.25) is 9.59 Å². The van der Waals surface area contributed by atoms with Crippen LogP contribution in [0, 0.1) is 20.8 Å². The lowest BCUT2D eigenvalue weighted by Gasteiger charge is -2.09. The van der Waals surface area contributed by atoms with Gasteiger partial charge in [0, 0.05) is 18.0 Å². The predicted octanol–water partition coefficient (Wildman–Crippen LogP) is 2.41. The van der Waals surface area contributed by atoms with Crippen LogP contribution in [0.1, 0.15) is 16.7 Å². The first-order valence-corrected chi connectivity index (χ1v) is 6.49. The Balaban J connectivity index is 2.13. The summed E-state index contributed by atoms with van der Waals surface area (Å²) < 4.78 is 1.41. The van der Waals surface area contributed by atoms with Crippen LogP contribution in [-0.4, -0.2) is 10.5 Å². The van der Waals surface area contributed by atoms with E-state index in [1.165, 1.54) is 10.6 Å². The van der Waals surface area contributed by atoms with E-state index in [-0.39, 0.29) is 18.0 Å². The summed E-state index contributed by atoms with van der Waals surface area (Å²) in [5, 5.41) is 2.82. The molecular formula is C16H18N2O2. The fourth-order valence-corrected chi connectivity index (χ4v) is 2.18. The van der Waals surface area contributed by atoms with Crippen molar-refractivity contribution in [3.63, 3.8) is 0 Å². The Labute approximate surface area is 118 Å². The Morgan fingerprint density at radius 1 is 1.05 bits per heavy atom. The zero-order chi connectivity index (χ0) is 14.7. The Hall–Kier alpha value is -2.36. The number of anilines is 1. The normalized spacial score (nSPS) is 10.3. The fraction of sp³-hybridized carbons (Fsp3) is 0.250. The molecule has 4 heteroatoms. The molecule has 1 aromatic heterocycles. The monoisotopic (exact) mass is 270 g/mol. The maximum absolute atomic E-state index is 12.0. The lowest BCUT2D eigenvalue weighted by Crippen LogP contribution is -2.26. The van der Waals surface area contributed by atoms with E-state index in [0.717, 1.165) is 22.4 Å². The number of pyridine rings is 1. The van der Waals surface area contributed by atoms with Crippen molar-refractivity contribution in [1.82, 2.24) is 4.57 Å². The average Bonchev–Trinajstić information content (AvgIpc) is 2.32. The second-order valence-corrected chi connectivity index (χ2v) is 5.10. The quantitative estimate of drug-likeness (QED) is 0.931. The zero-order valence-electron chi connectivity index (χ0n) is 11.9. The minimum Gasteiger partial charge on any atom is -0.325 e. The Morgan fingerprint density at radius 2 is 1.70 bits per heavy atom. The van der Waals surface area contributed by atoms with E-state index < -0.39 is 0 Å². The van der Waals surface area contributed by atoms with Gasteiger partial charge in [-0.1, -0.05) is 12.1 Å². The number of aryl methyl sites for hydroxylation is 3. The molecule has 1 aromatic carbocycles. The zero-order valence-corrected chi connectivity index (χ0v) is 11.9. The Morgan fingerprint density at radius 3 is 2.35 bits per heavy atom. The van der Waals surface area contributed by atoms with Crippen LogP contribution in [0.25, 0.3) is 0 Å². The minimum absolute atomic E-state index is 0.0213. The van der Waals surface area contributed by atoms with Crippen molar-refractivity contribution in [3.8, 4) is 0 Å². The van der Waals surface area contributed by atoms with Crippen molar-refractivity contribution >= 4 is 11.6 Å². The van der Waals surface area contributed by atoms with Crippen LogP contribution in [0.15, 0.2) is 41.3 Å².